The predicted molar refractivity (Wildman–Crippen MR) is 107 cm³/mol. The SMILES string of the molecule is Cc1ncsc1COc1ccc2oc(C)c(C(=O)N[C@H](C(N)=O)C(C)C)c2c1. The maximum absolute atomic E-state index is 12.8. The number of carbonyl (C=O) groups excluding carboxylic acids is 2. The second kappa shape index (κ2) is 8.02. The number of nitrogens with zero attached hydrogens (tertiary/aromatic N) is 1. The monoisotopic (exact) mass is 401 g/mol. The van der Waals surface area contributed by atoms with Crippen molar-refractivity contribution in [3.05, 3.63) is 45.6 Å². The summed E-state index contributed by atoms with van der Waals surface area (Å²) in [5.74, 6) is -0.0104. The minimum Gasteiger partial charge on any atom is -0.488 e. The van der Waals surface area contributed by atoms with Crippen LogP contribution in [0.15, 0.2) is 28.1 Å². The Morgan fingerprint density at radius 3 is 2.68 bits per heavy atom. The number of carbonyl (C=O) groups is 2. The van der Waals surface area contributed by atoms with E-state index in [0.717, 1.165) is 10.6 Å². The molecule has 3 N–H and O–H groups in total. The third-order valence-corrected chi connectivity index (χ3v) is 5.45. The van der Waals surface area contributed by atoms with Gasteiger partial charge in [0.05, 0.1) is 21.6 Å². The number of fused-ring (bicyclic) bond motifs is 1. The van der Waals surface area contributed by atoms with E-state index in [1.807, 2.05) is 20.8 Å². The van der Waals surface area contributed by atoms with Gasteiger partial charge < -0.3 is 20.2 Å². The third-order valence-electron chi connectivity index (χ3n) is 4.54. The van der Waals surface area contributed by atoms with Gasteiger partial charge in [-0.3, -0.25) is 9.59 Å². The fourth-order valence-corrected chi connectivity index (χ4v) is 3.65. The second-order valence-corrected chi connectivity index (χ2v) is 7.88. The molecule has 0 radical (unpaired) electrons. The van der Waals surface area contributed by atoms with E-state index in [1.165, 1.54) is 11.3 Å². The molecule has 3 rings (SSSR count). The van der Waals surface area contributed by atoms with Gasteiger partial charge in [0.1, 0.15) is 29.7 Å². The van der Waals surface area contributed by atoms with Crippen molar-refractivity contribution in [2.45, 2.75) is 40.3 Å². The Bertz CT molecular complexity index is 1020. The lowest BCUT2D eigenvalue weighted by Crippen LogP contribution is -2.47. The number of hydrogen-bond donors (Lipinski definition) is 2. The number of primary amides is 1. The lowest BCUT2D eigenvalue weighted by Gasteiger charge is -2.18. The highest BCUT2D eigenvalue weighted by Crippen LogP contribution is 2.30. The minimum atomic E-state index is -0.759. The number of nitrogens with one attached hydrogen (secondary N) is 1. The highest BCUT2D eigenvalue weighted by atomic mass is 32.1. The first kappa shape index (κ1) is 19.9. The van der Waals surface area contributed by atoms with Gasteiger partial charge in [-0.2, -0.15) is 0 Å². The molecular weight excluding hydrogens is 378 g/mol. The Morgan fingerprint density at radius 1 is 1.32 bits per heavy atom. The van der Waals surface area contributed by atoms with Crippen LogP contribution in [0.1, 0.15) is 40.5 Å². The van der Waals surface area contributed by atoms with Crippen LogP contribution in [-0.4, -0.2) is 22.8 Å². The van der Waals surface area contributed by atoms with Crippen molar-refractivity contribution in [3.63, 3.8) is 0 Å². The summed E-state index contributed by atoms with van der Waals surface area (Å²) < 4.78 is 11.6. The molecule has 0 aliphatic heterocycles. The number of aryl methyl sites for hydroxylation is 2. The Kier molecular flexibility index (Phi) is 5.69. The summed E-state index contributed by atoms with van der Waals surface area (Å²) in [4.78, 5) is 29.7. The molecule has 2 amide bonds. The standard InChI is InChI=1S/C20H23N3O4S/c1-10(2)18(19(21)24)23-20(25)17-12(4)27-15-6-5-13(7-14(15)17)26-8-16-11(3)22-9-28-16/h5-7,9-10,18H,8H2,1-4H3,(H2,21,24)(H,23,25)/t18-/m0/s1. The Labute approximate surface area is 166 Å². The second-order valence-electron chi connectivity index (χ2n) is 6.94. The van der Waals surface area contributed by atoms with Crippen LogP contribution in [0.5, 0.6) is 5.75 Å². The largest absolute Gasteiger partial charge is 0.488 e. The molecule has 1 aromatic carbocycles. The molecule has 0 aliphatic rings. The van der Waals surface area contributed by atoms with E-state index in [-0.39, 0.29) is 5.92 Å². The summed E-state index contributed by atoms with van der Waals surface area (Å²) in [6, 6.07) is 4.57. The van der Waals surface area contributed by atoms with Crippen LogP contribution < -0.4 is 15.8 Å². The van der Waals surface area contributed by atoms with Crippen molar-refractivity contribution in [3.8, 4) is 5.75 Å². The molecule has 2 aromatic heterocycles. The molecule has 0 spiro atoms. The van der Waals surface area contributed by atoms with Crippen molar-refractivity contribution < 1.29 is 18.7 Å². The molecule has 0 unspecified atom stereocenters. The van der Waals surface area contributed by atoms with E-state index in [4.69, 9.17) is 14.9 Å². The van der Waals surface area contributed by atoms with Crippen LogP contribution in [0, 0.1) is 19.8 Å². The third kappa shape index (κ3) is 4.01. The topological polar surface area (TPSA) is 107 Å². The van der Waals surface area contributed by atoms with Crippen molar-refractivity contribution in [2.75, 3.05) is 0 Å². The molecule has 7 nitrogen and oxygen atoms in total. The Balaban J connectivity index is 1.87. The smallest absolute Gasteiger partial charge is 0.256 e. The first-order valence-corrected chi connectivity index (χ1v) is 9.81. The molecule has 28 heavy (non-hydrogen) atoms. The Morgan fingerprint density at radius 2 is 2.07 bits per heavy atom. The lowest BCUT2D eigenvalue weighted by atomic mass is 10.0. The highest BCUT2D eigenvalue weighted by molar-refractivity contribution is 7.09. The number of hydrogen-bond acceptors (Lipinski definition) is 6. The molecule has 8 heteroatoms. The molecule has 0 bridgehead atoms. The zero-order valence-electron chi connectivity index (χ0n) is 16.2. The van der Waals surface area contributed by atoms with E-state index in [1.54, 1.807) is 30.6 Å². The minimum absolute atomic E-state index is 0.124. The fourth-order valence-electron chi connectivity index (χ4n) is 2.96. The molecule has 1 atom stereocenters. The highest BCUT2D eigenvalue weighted by Gasteiger charge is 2.26. The summed E-state index contributed by atoms with van der Waals surface area (Å²) in [6.45, 7) is 7.69. The van der Waals surface area contributed by atoms with Crippen LogP contribution in [0.25, 0.3) is 11.0 Å². The number of furan rings is 1. The summed E-state index contributed by atoms with van der Waals surface area (Å²) in [5, 5.41) is 3.34. The summed E-state index contributed by atoms with van der Waals surface area (Å²) in [5.41, 5.74) is 9.08. The van der Waals surface area contributed by atoms with Crippen LogP contribution in [-0.2, 0) is 11.4 Å². The fraction of sp³-hybridized carbons (Fsp3) is 0.350. The first-order valence-electron chi connectivity index (χ1n) is 8.93. The number of nitrogens with two attached hydrogens (primary N) is 1. The van der Waals surface area contributed by atoms with Gasteiger partial charge in [-0.1, -0.05) is 13.8 Å². The average Bonchev–Trinajstić information content (AvgIpc) is 3.18. The zero-order valence-corrected chi connectivity index (χ0v) is 17.1. The normalized spacial score (nSPS) is 12.3. The van der Waals surface area contributed by atoms with E-state index in [2.05, 4.69) is 10.3 Å². The number of thiazole rings is 1. The zero-order chi connectivity index (χ0) is 20.4. The summed E-state index contributed by atoms with van der Waals surface area (Å²) in [6.07, 6.45) is 0. The van der Waals surface area contributed by atoms with Gasteiger partial charge in [-0.15, -0.1) is 11.3 Å². The molecule has 0 saturated heterocycles. The van der Waals surface area contributed by atoms with Crippen molar-refractivity contribution in [1.82, 2.24) is 10.3 Å². The lowest BCUT2D eigenvalue weighted by molar-refractivity contribution is -0.120. The summed E-state index contributed by atoms with van der Waals surface area (Å²) in [7, 11) is 0. The molecule has 0 fully saturated rings. The van der Waals surface area contributed by atoms with Crippen molar-refractivity contribution in [1.29, 1.82) is 0 Å². The van der Waals surface area contributed by atoms with Gasteiger partial charge in [0.25, 0.3) is 5.91 Å². The number of amides is 2. The van der Waals surface area contributed by atoms with Crippen molar-refractivity contribution in [2.24, 2.45) is 11.7 Å². The predicted octanol–water partition coefficient (Wildman–Crippen LogP) is 3.32. The Hall–Kier alpha value is -2.87. The van der Waals surface area contributed by atoms with Crippen LogP contribution >= 0.6 is 11.3 Å². The number of ether oxygens (including phenoxy) is 1. The van der Waals surface area contributed by atoms with Crippen LogP contribution in [0.3, 0.4) is 0 Å². The number of rotatable bonds is 7. The van der Waals surface area contributed by atoms with E-state index in [0.29, 0.717) is 34.6 Å². The van der Waals surface area contributed by atoms with E-state index in [9.17, 15) is 9.59 Å². The molecule has 2 heterocycles. The van der Waals surface area contributed by atoms with Gasteiger partial charge >= 0.3 is 0 Å². The molecule has 3 aromatic rings. The average molecular weight is 401 g/mol. The van der Waals surface area contributed by atoms with Gasteiger partial charge in [-0.25, -0.2) is 4.98 Å². The quantitative estimate of drug-likeness (QED) is 0.631. The molecule has 0 aliphatic carbocycles. The summed E-state index contributed by atoms with van der Waals surface area (Å²) >= 11 is 1.53. The van der Waals surface area contributed by atoms with Gasteiger partial charge in [-0.05, 0) is 38.0 Å². The van der Waals surface area contributed by atoms with Crippen LogP contribution in [0.2, 0.25) is 0 Å². The maximum Gasteiger partial charge on any atom is 0.256 e. The number of aromatic nitrogens is 1. The van der Waals surface area contributed by atoms with Gasteiger partial charge in [0.15, 0.2) is 0 Å². The van der Waals surface area contributed by atoms with Gasteiger partial charge in [0.2, 0.25) is 5.91 Å². The van der Waals surface area contributed by atoms with Crippen LogP contribution in [0.4, 0.5) is 0 Å². The molecule has 0 saturated carbocycles. The first-order chi connectivity index (χ1) is 13.3. The van der Waals surface area contributed by atoms with Crippen molar-refractivity contribution >= 4 is 34.1 Å². The van der Waals surface area contributed by atoms with Gasteiger partial charge in [0, 0.05) is 5.39 Å². The van der Waals surface area contributed by atoms with E-state index >= 15 is 0 Å². The molecule has 148 valence electrons. The van der Waals surface area contributed by atoms with E-state index < -0.39 is 17.9 Å². The maximum atomic E-state index is 12.8. The molecular formula is C20H23N3O4S. The number of benzene rings is 1.